The molecule has 1 saturated heterocycles. The predicted octanol–water partition coefficient (Wildman–Crippen LogP) is 1.06. The second kappa shape index (κ2) is 2.58. The molecule has 0 bridgehead atoms. The Labute approximate surface area is 48.9 Å². The standard InChI is InChI=1S/C5H11NS/c1-2-3-7-5-4-6-5/h5-6H,2-4H2,1H3. The smallest absolute Gasteiger partial charge is 0.0659 e. The Kier molecular flexibility index (Phi) is 2.00. The van der Waals surface area contributed by atoms with E-state index in [0.717, 1.165) is 5.37 Å². The van der Waals surface area contributed by atoms with E-state index in [1.807, 2.05) is 11.8 Å². The van der Waals surface area contributed by atoms with Crippen molar-refractivity contribution in [3.05, 3.63) is 0 Å². The van der Waals surface area contributed by atoms with E-state index < -0.39 is 0 Å². The van der Waals surface area contributed by atoms with Gasteiger partial charge < -0.3 is 5.32 Å². The maximum Gasteiger partial charge on any atom is 0.0659 e. The van der Waals surface area contributed by atoms with Crippen molar-refractivity contribution in [2.45, 2.75) is 18.7 Å². The molecule has 42 valence electrons. The second-order valence-electron chi connectivity index (χ2n) is 1.77. The Morgan fingerprint density at radius 2 is 2.57 bits per heavy atom. The van der Waals surface area contributed by atoms with Crippen molar-refractivity contribution in [2.24, 2.45) is 0 Å². The first-order valence-electron chi connectivity index (χ1n) is 2.78. The summed E-state index contributed by atoms with van der Waals surface area (Å²) in [4.78, 5) is 0. The van der Waals surface area contributed by atoms with Gasteiger partial charge >= 0.3 is 0 Å². The molecular weight excluding hydrogens is 106 g/mol. The molecule has 1 fully saturated rings. The quantitative estimate of drug-likeness (QED) is 0.558. The fourth-order valence-electron chi connectivity index (χ4n) is 0.426. The van der Waals surface area contributed by atoms with Gasteiger partial charge in [0, 0.05) is 6.54 Å². The van der Waals surface area contributed by atoms with Crippen molar-refractivity contribution in [3.63, 3.8) is 0 Å². The van der Waals surface area contributed by atoms with Gasteiger partial charge in [-0.25, -0.2) is 0 Å². The van der Waals surface area contributed by atoms with E-state index in [1.54, 1.807) is 0 Å². The van der Waals surface area contributed by atoms with Crippen LogP contribution in [0.1, 0.15) is 13.3 Å². The molecule has 0 saturated carbocycles. The number of hydrogen-bond acceptors (Lipinski definition) is 2. The summed E-state index contributed by atoms with van der Waals surface area (Å²) in [6.07, 6.45) is 1.31. The summed E-state index contributed by atoms with van der Waals surface area (Å²) in [6.45, 7) is 3.46. The minimum Gasteiger partial charge on any atom is -0.302 e. The first-order chi connectivity index (χ1) is 3.43. The van der Waals surface area contributed by atoms with Gasteiger partial charge in [-0.15, -0.1) is 11.8 Å². The molecule has 0 radical (unpaired) electrons. The molecule has 7 heavy (non-hydrogen) atoms. The molecule has 0 aromatic rings. The van der Waals surface area contributed by atoms with Crippen molar-refractivity contribution in [2.75, 3.05) is 12.3 Å². The second-order valence-corrected chi connectivity index (χ2v) is 3.08. The van der Waals surface area contributed by atoms with Crippen LogP contribution in [0.15, 0.2) is 0 Å². The van der Waals surface area contributed by atoms with Crippen LogP contribution in [0.2, 0.25) is 0 Å². The molecule has 1 aliphatic rings. The Bertz CT molecular complexity index is 52.0. The van der Waals surface area contributed by atoms with Crippen LogP contribution >= 0.6 is 11.8 Å². The molecule has 2 heteroatoms. The minimum absolute atomic E-state index is 0.819. The molecular formula is C5H11NS. The van der Waals surface area contributed by atoms with E-state index in [4.69, 9.17) is 0 Å². The van der Waals surface area contributed by atoms with E-state index in [1.165, 1.54) is 18.7 Å². The van der Waals surface area contributed by atoms with Gasteiger partial charge in [0.25, 0.3) is 0 Å². The highest BCUT2D eigenvalue weighted by Crippen LogP contribution is 2.15. The lowest BCUT2D eigenvalue weighted by atomic mass is 10.6. The molecule has 1 N–H and O–H groups in total. The van der Waals surface area contributed by atoms with E-state index in [9.17, 15) is 0 Å². The summed E-state index contributed by atoms with van der Waals surface area (Å²) in [5, 5.41) is 4.05. The van der Waals surface area contributed by atoms with Crippen LogP contribution in [-0.2, 0) is 0 Å². The van der Waals surface area contributed by atoms with E-state index >= 15 is 0 Å². The molecule has 0 spiro atoms. The Balaban J connectivity index is 1.80. The van der Waals surface area contributed by atoms with Gasteiger partial charge in [0.05, 0.1) is 5.37 Å². The van der Waals surface area contributed by atoms with Gasteiger partial charge in [0.2, 0.25) is 0 Å². The van der Waals surface area contributed by atoms with Gasteiger partial charge in [-0.2, -0.15) is 0 Å². The number of thioether (sulfide) groups is 1. The monoisotopic (exact) mass is 117 g/mol. The summed E-state index contributed by atoms with van der Waals surface area (Å²) in [5.74, 6) is 1.32. The van der Waals surface area contributed by atoms with Crippen LogP contribution in [0.4, 0.5) is 0 Å². The third-order valence-electron chi connectivity index (χ3n) is 0.894. The number of rotatable bonds is 3. The van der Waals surface area contributed by atoms with E-state index in [2.05, 4.69) is 12.2 Å². The molecule has 1 rings (SSSR count). The van der Waals surface area contributed by atoms with Crippen molar-refractivity contribution in [3.8, 4) is 0 Å². The summed E-state index contributed by atoms with van der Waals surface area (Å²) >= 11 is 2.03. The predicted molar refractivity (Wildman–Crippen MR) is 34.5 cm³/mol. The maximum atomic E-state index is 3.23. The SMILES string of the molecule is CCCSC1CN1. The van der Waals surface area contributed by atoms with Gasteiger partial charge in [-0.1, -0.05) is 6.92 Å². The van der Waals surface area contributed by atoms with Crippen molar-refractivity contribution in [1.29, 1.82) is 0 Å². The molecule has 1 aliphatic heterocycles. The fourth-order valence-corrected chi connectivity index (χ4v) is 1.28. The molecule has 0 amide bonds. The summed E-state index contributed by atoms with van der Waals surface area (Å²) in [5.41, 5.74) is 0. The Hall–Kier alpha value is 0.310. The van der Waals surface area contributed by atoms with Crippen LogP contribution in [0.3, 0.4) is 0 Å². The first kappa shape index (κ1) is 5.45. The van der Waals surface area contributed by atoms with Gasteiger partial charge in [0.15, 0.2) is 0 Å². The molecule has 1 atom stereocenters. The van der Waals surface area contributed by atoms with Crippen molar-refractivity contribution in [1.82, 2.24) is 5.32 Å². The van der Waals surface area contributed by atoms with Crippen LogP contribution in [0.25, 0.3) is 0 Å². The molecule has 1 heterocycles. The lowest BCUT2D eigenvalue weighted by Gasteiger charge is -1.88. The topological polar surface area (TPSA) is 21.9 Å². The molecule has 0 aliphatic carbocycles. The van der Waals surface area contributed by atoms with Gasteiger partial charge in [0.1, 0.15) is 0 Å². The minimum atomic E-state index is 0.819. The van der Waals surface area contributed by atoms with Gasteiger partial charge in [-0.05, 0) is 12.2 Å². The average Bonchev–Trinajstić information content (AvgIpc) is 2.42. The lowest BCUT2D eigenvalue weighted by Crippen LogP contribution is -1.83. The molecule has 1 nitrogen and oxygen atoms in total. The van der Waals surface area contributed by atoms with E-state index in [0.29, 0.717) is 0 Å². The normalized spacial score (nSPS) is 27.9. The number of nitrogens with one attached hydrogen (secondary N) is 1. The highest BCUT2D eigenvalue weighted by Gasteiger charge is 2.18. The number of hydrogen-bond donors (Lipinski definition) is 1. The first-order valence-corrected chi connectivity index (χ1v) is 3.83. The van der Waals surface area contributed by atoms with Crippen molar-refractivity contribution < 1.29 is 0 Å². The third-order valence-corrected chi connectivity index (χ3v) is 2.27. The van der Waals surface area contributed by atoms with Gasteiger partial charge in [-0.3, -0.25) is 0 Å². The Morgan fingerprint density at radius 1 is 1.86 bits per heavy atom. The molecule has 0 aromatic heterocycles. The fraction of sp³-hybridized carbons (Fsp3) is 1.00. The van der Waals surface area contributed by atoms with Crippen LogP contribution in [0.5, 0.6) is 0 Å². The van der Waals surface area contributed by atoms with E-state index in [-0.39, 0.29) is 0 Å². The lowest BCUT2D eigenvalue weighted by molar-refractivity contribution is 1.10. The highest BCUT2D eigenvalue weighted by molar-refractivity contribution is 8.00. The van der Waals surface area contributed by atoms with Crippen molar-refractivity contribution >= 4 is 11.8 Å². The molecule has 1 unspecified atom stereocenters. The van der Waals surface area contributed by atoms with Crippen LogP contribution in [0, 0.1) is 0 Å². The largest absolute Gasteiger partial charge is 0.302 e. The summed E-state index contributed by atoms with van der Waals surface area (Å²) < 4.78 is 0. The highest BCUT2D eigenvalue weighted by atomic mass is 32.2. The third kappa shape index (κ3) is 2.19. The van der Waals surface area contributed by atoms with Crippen LogP contribution < -0.4 is 5.32 Å². The zero-order valence-electron chi connectivity index (χ0n) is 4.61. The van der Waals surface area contributed by atoms with Crippen LogP contribution in [-0.4, -0.2) is 17.7 Å². The zero-order valence-corrected chi connectivity index (χ0v) is 5.42. The molecule has 0 aromatic carbocycles. The zero-order chi connectivity index (χ0) is 5.11. The summed E-state index contributed by atoms with van der Waals surface area (Å²) in [6, 6.07) is 0. The average molecular weight is 117 g/mol. The summed E-state index contributed by atoms with van der Waals surface area (Å²) in [7, 11) is 0. The Morgan fingerprint density at radius 3 is 3.00 bits per heavy atom. The maximum absolute atomic E-state index is 3.23.